The predicted molar refractivity (Wildman–Crippen MR) is 496 cm³/mol. The summed E-state index contributed by atoms with van der Waals surface area (Å²) < 4.78 is 42.1. The Kier molecular flexibility index (Phi) is 29.2. The first-order chi connectivity index (χ1) is 53.8. The lowest BCUT2D eigenvalue weighted by Gasteiger charge is -2.39. The average molecular weight is 1710 g/mol. The summed E-state index contributed by atoms with van der Waals surface area (Å²) in [5.41, 5.74) is 19.9. The van der Waals surface area contributed by atoms with Gasteiger partial charge in [-0.05, 0) is 182 Å². The number of halogens is 2. The van der Waals surface area contributed by atoms with Crippen LogP contribution >= 0.6 is 31.9 Å². The minimum Gasteiger partial charge on any atom is -0.493 e. The van der Waals surface area contributed by atoms with Gasteiger partial charge < -0.3 is 28.4 Å². The Bertz CT molecular complexity index is 4150. The average Bonchev–Trinajstić information content (AvgIpc) is 0.753. The first kappa shape index (κ1) is 93.2. The van der Waals surface area contributed by atoms with Crippen LogP contribution in [0.4, 0.5) is 0 Å². The van der Waals surface area contributed by atoms with Crippen LogP contribution in [0.2, 0.25) is 0 Å². The van der Waals surface area contributed by atoms with Gasteiger partial charge in [0, 0.05) is 73.7 Å². The third-order valence-electron chi connectivity index (χ3n) is 23.4. The lowest BCUT2D eigenvalue weighted by molar-refractivity contribution is -0.113. The molecule has 0 heterocycles. The van der Waals surface area contributed by atoms with Crippen molar-refractivity contribution < 1.29 is 38.0 Å². The molecule has 632 valence electrons. The number of alkyl halides is 2. The number of allylic oxidation sites excluding steroid dienone is 8. The second-order valence-electron chi connectivity index (χ2n) is 42.1. The molecule has 0 radical (unpaired) electrons. The van der Waals surface area contributed by atoms with E-state index in [2.05, 4.69) is 337 Å². The lowest BCUT2D eigenvalue weighted by atomic mass is 9.72. The van der Waals surface area contributed by atoms with Gasteiger partial charge in [-0.1, -0.05) is 337 Å². The van der Waals surface area contributed by atoms with E-state index >= 15 is 9.59 Å². The maximum absolute atomic E-state index is 16.5. The lowest BCUT2D eigenvalue weighted by Crippen LogP contribution is -2.37. The van der Waals surface area contributed by atoms with Crippen LogP contribution in [0.3, 0.4) is 0 Å². The molecular weight excluding hydrogens is 1560 g/mol. The standard InChI is InChI=1S/C106H146Br2O8/c1-31-37-111-91-67-43-71-55-85(99(13,14)15)59-75(93(71)113-39-33-3)47-79-63-105(107,103(25,26)27)65-81(89(79)109)49-77-61-87(101(19,20)21)57-73(95(77)115-41-35-5)45-69-53-84(98(10,11)12)54-70(92(69)112-38-32-2)46-74-58-88(102(22,23)24)62-78(96(74)116-42-36-6)50-82-66-106(108,104(28,29)30)64-80(90(82)110)48-76-60-86(100(16,17)18)56-72(94(76)114-40-34-4)44-68(91)52-83(51-67)97(7,8)9/h51-66H,31-50H2,1-30H3. The molecule has 8 nitrogen and oxygen atoms in total. The van der Waals surface area contributed by atoms with E-state index in [-0.39, 0.29) is 54.9 Å². The van der Waals surface area contributed by atoms with Gasteiger partial charge in [0.2, 0.25) is 0 Å². The van der Waals surface area contributed by atoms with Crippen molar-refractivity contribution in [3.05, 3.63) is 220 Å². The Labute approximate surface area is 719 Å². The Balaban J connectivity index is 1.44. The van der Waals surface area contributed by atoms with Gasteiger partial charge >= 0.3 is 0 Å². The molecule has 0 aliphatic heterocycles. The van der Waals surface area contributed by atoms with E-state index in [4.69, 9.17) is 28.4 Å². The third-order valence-corrected chi connectivity index (χ3v) is 26.7. The van der Waals surface area contributed by atoms with Crippen molar-refractivity contribution in [1.82, 2.24) is 0 Å². The van der Waals surface area contributed by atoms with E-state index in [0.717, 1.165) is 184 Å². The zero-order valence-electron chi connectivity index (χ0n) is 77.4. The number of carbonyl (C=O) groups excluding carboxylic acids is 2. The summed E-state index contributed by atoms with van der Waals surface area (Å²) in [6.07, 6.45) is 17.0. The highest BCUT2D eigenvalue weighted by Gasteiger charge is 2.44. The fourth-order valence-corrected chi connectivity index (χ4v) is 16.9. The van der Waals surface area contributed by atoms with Gasteiger partial charge in [0.1, 0.15) is 34.5 Å². The van der Waals surface area contributed by atoms with Crippen molar-refractivity contribution in [1.29, 1.82) is 0 Å². The minimum atomic E-state index is -0.718. The van der Waals surface area contributed by atoms with Crippen LogP contribution in [0.5, 0.6) is 34.5 Å². The largest absolute Gasteiger partial charge is 0.493 e. The number of rotatable bonds is 18. The molecule has 0 fully saturated rings. The molecule has 0 unspecified atom stereocenters. The molecule has 9 rings (SSSR count). The molecule has 116 heavy (non-hydrogen) atoms. The molecule has 0 spiro atoms. The van der Waals surface area contributed by atoms with Crippen molar-refractivity contribution >= 4 is 43.4 Å². The quantitative estimate of drug-likeness (QED) is 0.0787. The summed E-state index contributed by atoms with van der Waals surface area (Å²) >= 11 is 8.84. The van der Waals surface area contributed by atoms with Crippen LogP contribution in [0.1, 0.15) is 346 Å². The number of fused-ring (bicyclic) bond motifs is 16. The van der Waals surface area contributed by atoms with Gasteiger partial charge in [-0.3, -0.25) is 9.59 Å². The van der Waals surface area contributed by atoms with Crippen molar-refractivity contribution in [3.8, 4) is 34.5 Å². The van der Waals surface area contributed by atoms with Crippen LogP contribution in [0.25, 0.3) is 0 Å². The monoisotopic (exact) mass is 1700 g/mol. The number of hydrogen-bond donors (Lipinski definition) is 0. The highest BCUT2D eigenvalue weighted by molar-refractivity contribution is 9.10. The smallest absolute Gasteiger partial charge is 0.185 e. The van der Waals surface area contributed by atoms with Gasteiger partial charge in [-0.25, -0.2) is 0 Å². The zero-order valence-corrected chi connectivity index (χ0v) is 80.6. The minimum absolute atomic E-state index is 0.0190. The van der Waals surface area contributed by atoms with Crippen molar-refractivity contribution in [2.24, 2.45) is 10.8 Å². The molecular formula is C106H146Br2O8. The molecule has 0 aromatic heterocycles. The summed E-state index contributed by atoms with van der Waals surface area (Å²) in [4.78, 5) is 32.9. The second kappa shape index (κ2) is 36.4. The van der Waals surface area contributed by atoms with Gasteiger partial charge in [0.25, 0.3) is 0 Å². The summed E-state index contributed by atoms with van der Waals surface area (Å²) in [5, 5.41) is 0. The summed E-state index contributed by atoms with van der Waals surface area (Å²) in [7, 11) is 0. The third kappa shape index (κ3) is 21.9. The molecule has 0 amide bonds. The van der Waals surface area contributed by atoms with E-state index in [1.54, 1.807) is 0 Å². The normalized spacial score (nSPS) is 16.1. The fourth-order valence-electron chi connectivity index (χ4n) is 15.8. The molecule has 0 saturated heterocycles. The van der Waals surface area contributed by atoms with E-state index in [1.165, 1.54) is 11.1 Å². The molecule has 6 aromatic rings. The van der Waals surface area contributed by atoms with Crippen LogP contribution in [-0.4, -0.2) is 59.9 Å². The van der Waals surface area contributed by atoms with Crippen LogP contribution in [-0.2, 0) is 93.4 Å². The van der Waals surface area contributed by atoms with Crippen LogP contribution < -0.4 is 28.4 Å². The van der Waals surface area contributed by atoms with E-state index < -0.39 is 8.65 Å². The summed E-state index contributed by atoms with van der Waals surface area (Å²) in [6, 6.07) is 28.3. The fraction of sp³-hybridized carbons (Fsp3) is 0.566. The zero-order chi connectivity index (χ0) is 86.0. The molecule has 10 heteroatoms. The summed E-state index contributed by atoms with van der Waals surface area (Å²) in [6.45, 7) is 70.9. The van der Waals surface area contributed by atoms with Gasteiger partial charge in [0.05, 0.1) is 48.3 Å². The Morgan fingerprint density at radius 2 is 0.371 bits per heavy atom. The Morgan fingerprint density at radius 3 is 0.483 bits per heavy atom. The van der Waals surface area contributed by atoms with E-state index in [9.17, 15) is 0 Å². The molecule has 0 atom stereocenters. The molecule has 3 aliphatic carbocycles. The first-order valence-corrected chi connectivity index (χ1v) is 45.5. The number of carbonyl (C=O) groups is 2. The number of Topliss-reactive ketones (excluding diaryl/α,β-unsaturated/α-hetero) is 2. The highest BCUT2D eigenvalue weighted by Crippen LogP contribution is 2.52. The maximum atomic E-state index is 16.5. The van der Waals surface area contributed by atoms with Gasteiger partial charge in [-0.2, -0.15) is 0 Å². The van der Waals surface area contributed by atoms with E-state index in [0.29, 0.717) is 91.0 Å². The second-order valence-corrected chi connectivity index (χ2v) is 44.7. The molecule has 0 saturated carbocycles. The molecule has 3 aliphatic rings. The number of hydrogen-bond acceptors (Lipinski definition) is 8. The number of ether oxygens (including phenoxy) is 6. The highest BCUT2D eigenvalue weighted by atomic mass is 79.9. The van der Waals surface area contributed by atoms with Crippen molar-refractivity contribution in [2.45, 2.75) is 339 Å². The maximum Gasteiger partial charge on any atom is 0.185 e. The van der Waals surface area contributed by atoms with E-state index in [1.807, 2.05) is 0 Å². The topological polar surface area (TPSA) is 89.5 Å². The van der Waals surface area contributed by atoms with Crippen molar-refractivity contribution in [3.63, 3.8) is 0 Å². The summed E-state index contributed by atoms with van der Waals surface area (Å²) in [5.74, 6) is 4.99. The molecule has 16 bridgehead atoms. The molecule has 0 N–H and O–H groups in total. The SMILES string of the molecule is CCCOc1c2cc(C(C)(C)C)cc1Cc1cc(C(C)(C)C)cc(c1OCCC)Cc1cc(C(C)(C)C)cc(c1OCCC)CC1=CC(Br)(C(C)(C)C)C=C(Cc3cc(C(C)(C)C)cc(c3OCCC)Cc3cc(C(C)(C)C)cc(c3OCCC)Cc3cc(C(C)(C)C)cc(c3OCCC)CC3=CC(Br)(C(C)(C)C)C=C(C2)C3=O)C1=O. The Hall–Kier alpha value is -6.62. The number of benzene rings is 6. The Morgan fingerprint density at radius 1 is 0.241 bits per heavy atom. The van der Waals surface area contributed by atoms with Crippen LogP contribution in [0, 0.1) is 10.8 Å². The van der Waals surface area contributed by atoms with Gasteiger partial charge in [0.15, 0.2) is 11.6 Å². The molecule has 6 aromatic carbocycles. The van der Waals surface area contributed by atoms with Gasteiger partial charge in [-0.15, -0.1) is 0 Å². The first-order valence-electron chi connectivity index (χ1n) is 43.9. The number of ketones is 2. The van der Waals surface area contributed by atoms with Crippen LogP contribution in [0.15, 0.2) is 119 Å². The predicted octanol–water partition coefficient (Wildman–Crippen LogP) is 27.7. The van der Waals surface area contributed by atoms with Crippen molar-refractivity contribution in [2.75, 3.05) is 39.6 Å².